The third-order valence-electron chi connectivity index (χ3n) is 4.29. The summed E-state index contributed by atoms with van der Waals surface area (Å²) in [7, 11) is 0. The van der Waals surface area contributed by atoms with Crippen molar-refractivity contribution in [2.75, 3.05) is 6.61 Å². The first-order chi connectivity index (χ1) is 10.3. The van der Waals surface area contributed by atoms with Crippen LogP contribution in [0.15, 0.2) is 24.3 Å². The molecule has 2 aromatic rings. The van der Waals surface area contributed by atoms with Gasteiger partial charge in [0.2, 0.25) is 0 Å². The monoisotopic (exact) mass is 287 g/mol. The molecule has 1 aromatic carbocycles. The van der Waals surface area contributed by atoms with Gasteiger partial charge in [-0.25, -0.2) is 4.98 Å². The molecule has 0 radical (unpaired) electrons. The highest BCUT2D eigenvalue weighted by Crippen LogP contribution is 2.18. The smallest absolute Gasteiger partial charge is 0.123 e. The van der Waals surface area contributed by atoms with E-state index >= 15 is 0 Å². The fraction of sp³-hybridized carbons (Fsp3) is 0.588. The molecule has 1 fully saturated rings. The molecule has 1 N–H and O–H groups in total. The van der Waals surface area contributed by atoms with E-state index in [-0.39, 0.29) is 0 Å². The zero-order chi connectivity index (χ0) is 14.7. The Bertz CT molecular complexity index is 587. The van der Waals surface area contributed by atoms with Crippen molar-refractivity contribution in [3.8, 4) is 0 Å². The van der Waals surface area contributed by atoms with Crippen LogP contribution in [0.4, 0.5) is 0 Å². The minimum atomic E-state index is 0.356. The molecule has 4 nitrogen and oxygen atoms in total. The van der Waals surface area contributed by atoms with Crippen LogP contribution in [-0.4, -0.2) is 28.3 Å². The van der Waals surface area contributed by atoms with Gasteiger partial charge >= 0.3 is 0 Å². The summed E-state index contributed by atoms with van der Waals surface area (Å²) in [6.45, 7) is 7.15. The number of hydrogen-bond donors (Lipinski definition) is 1. The predicted octanol–water partition coefficient (Wildman–Crippen LogP) is 3.10. The predicted molar refractivity (Wildman–Crippen MR) is 85.3 cm³/mol. The van der Waals surface area contributed by atoms with E-state index in [9.17, 15) is 0 Å². The molecule has 1 aliphatic rings. The van der Waals surface area contributed by atoms with Gasteiger partial charge in [0, 0.05) is 19.2 Å². The normalized spacial score (nSPS) is 20.2. The van der Waals surface area contributed by atoms with Crippen molar-refractivity contribution >= 4 is 11.0 Å². The van der Waals surface area contributed by atoms with Crippen LogP contribution in [0.2, 0.25) is 0 Å². The Morgan fingerprint density at radius 2 is 2.29 bits per heavy atom. The van der Waals surface area contributed by atoms with E-state index in [2.05, 4.69) is 48.0 Å². The van der Waals surface area contributed by atoms with E-state index < -0.39 is 0 Å². The van der Waals surface area contributed by atoms with Gasteiger partial charge in [0.25, 0.3) is 0 Å². The summed E-state index contributed by atoms with van der Waals surface area (Å²) >= 11 is 0. The fourth-order valence-electron chi connectivity index (χ4n) is 3.11. The van der Waals surface area contributed by atoms with Gasteiger partial charge in [-0.3, -0.25) is 0 Å². The highest BCUT2D eigenvalue weighted by Gasteiger charge is 2.22. The van der Waals surface area contributed by atoms with Crippen molar-refractivity contribution < 1.29 is 4.74 Å². The summed E-state index contributed by atoms with van der Waals surface area (Å²) in [6, 6.07) is 8.77. The van der Waals surface area contributed by atoms with Crippen LogP contribution < -0.4 is 5.32 Å². The number of hydrogen-bond acceptors (Lipinski definition) is 3. The van der Waals surface area contributed by atoms with Crippen LogP contribution in [-0.2, 0) is 17.8 Å². The summed E-state index contributed by atoms with van der Waals surface area (Å²) in [6.07, 6.45) is 3.83. The third kappa shape index (κ3) is 3.11. The Morgan fingerprint density at radius 3 is 3.05 bits per heavy atom. The molecule has 1 aliphatic heterocycles. The quantitative estimate of drug-likeness (QED) is 0.887. The number of aryl methyl sites for hydroxylation is 1. The molecule has 4 heteroatoms. The van der Waals surface area contributed by atoms with Gasteiger partial charge in [0.05, 0.1) is 23.7 Å². The van der Waals surface area contributed by atoms with Gasteiger partial charge in [-0.15, -0.1) is 0 Å². The van der Waals surface area contributed by atoms with Crippen LogP contribution in [0, 0.1) is 0 Å². The van der Waals surface area contributed by atoms with Crippen molar-refractivity contribution in [3.05, 3.63) is 30.1 Å². The molecule has 0 spiro atoms. The van der Waals surface area contributed by atoms with Crippen molar-refractivity contribution in [2.24, 2.45) is 0 Å². The highest BCUT2D eigenvalue weighted by molar-refractivity contribution is 5.75. The Kier molecular flexibility index (Phi) is 4.56. The van der Waals surface area contributed by atoms with Crippen molar-refractivity contribution in [2.45, 2.75) is 58.3 Å². The van der Waals surface area contributed by atoms with Gasteiger partial charge in [-0.05, 0) is 38.3 Å². The molecule has 2 heterocycles. The topological polar surface area (TPSA) is 39.1 Å². The average molecular weight is 287 g/mol. The molecular weight excluding hydrogens is 262 g/mol. The van der Waals surface area contributed by atoms with E-state index in [0.29, 0.717) is 12.1 Å². The highest BCUT2D eigenvalue weighted by atomic mass is 16.5. The first-order valence-electron chi connectivity index (χ1n) is 8.08. The molecule has 0 bridgehead atoms. The van der Waals surface area contributed by atoms with E-state index in [0.717, 1.165) is 37.5 Å². The molecular formula is C17H25N3O. The second-order valence-electron chi connectivity index (χ2n) is 5.89. The molecule has 114 valence electrons. The first kappa shape index (κ1) is 14.5. The minimum absolute atomic E-state index is 0.356. The third-order valence-corrected chi connectivity index (χ3v) is 4.29. The Labute approximate surface area is 126 Å². The van der Waals surface area contributed by atoms with Gasteiger partial charge in [0.15, 0.2) is 0 Å². The van der Waals surface area contributed by atoms with Crippen molar-refractivity contribution in [3.63, 3.8) is 0 Å². The van der Waals surface area contributed by atoms with Gasteiger partial charge in [-0.2, -0.15) is 0 Å². The van der Waals surface area contributed by atoms with Gasteiger partial charge in [-0.1, -0.05) is 19.1 Å². The SMILES string of the molecule is CCCn1c(CNC(C)C2CCCO2)nc2ccccc21. The average Bonchev–Trinajstić information content (AvgIpc) is 3.14. The van der Waals surface area contributed by atoms with Crippen LogP contribution in [0.1, 0.15) is 38.9 Å². The van der Waals surface area contributed by atoms with E-state index in [1.165, 1.54) is 18.4 Å². The van der Waals surface area contributed by atoms with Gasteiger partial charge < -0.3 is 14.6 Å². The van der Waals surface area contributed by atoms with E-state index in [1.807, 2.05) is 0 Å². The summed E-state index contributed by atoms with van der Waals surface area (Å²) in [5, 5.41) is 3.59. The number of fused-ring (bicyclic) bond motifs is 1. The number of benzene rings is 1. The number of rotatable bonds is 6. The summed E-state index contributed by atoms with van der Waals surface area (Å²) in [5.41, 5.74) is 2.33. The maximum absolute atomic E-state index is 5.75. The standard InChI is InChI=1S/C17H25N3O/c1-3-10-20-15-8-5-4-7-14(15)19-17(20)12-18-13(2)16-9-6-11-21-16/h4-5,7-8,13,16,18H,3,6,9-12H2,1-2H3. The van der Waals surface area contributed by atoms with Gasteiger partial charge in [0.1, 0.15) is 5.82 Å². The Morgan fingerprint density at radius 1 is 1.43 bits per heavy atom. The Balaban J connectivity index is 1.74. The zero-order valence-corrected chi connectivity index (χ0v) is 13.0. The molecule has 0 aliphatic carbocycles. The lowest BCUT2D eigenvalue weighted by Gasteiger charge is -2.20. The number of para-hydroxylation sites is 2. The molecule has 3 rings (SSSR count). The van der Waals surface area contributed by atoms with Crippen LogP contribution >= 0.6 is 0 Å². The maximum atomic E-state index is 5.75. The molecule has 2 atom stereocenters. The fourth-order valence-corrected chi connectivity index (χ4v) is 3.11. The molecule has 0 amide bonds. The lowest BCUT2D eigenvalue weighted by molar-refractivity contribution is 0.0829. The van der Waals surface area contributed by atoms with Crippen LogP contribution in [0.5, 0.6) is 0 Å². The maximum Gasteiger partial charge on any atom is 0.123 e. The van der Waals surface area contributed by atoms with E-state index in [4.69, 9.17) is 9.72 Å². The number of nitrogens with one attached hydrogen (secondary N) is 1. The van der Waals surface area contributed by atoms with E-state index in [1.54, 1.807) is 0 Å². The summed E-state index contributed by atoms with van der Waals surface area (Å²) in [4.78, 5) is 4.79. The molecule has 0 saturated carbocycles. The lowest BCUT2D eigenvalue weighted by atomic mass is 10.1. The second-order valence-corrected chi connectivity index (χ2v) is 5.89. The number of ether oxygens (including phenoxy) is 1. The van der Waals surface area contributed by atoms with Crippen LogP contribution in [0.3, 0.4) is 0 Å². The van der Waals surface area contributed by atoms with Crippen LogP contribution in [0.25, 0.3) is 11.0 Å². The Hall–Kier alpha value is -1.39. The largest absolute Gasteiger partial charge is 0.377 e. The van der Waals surface area contributed by atoms with Crippen molar-refractivity contribution in [1.29, 1.82) is 0 Å². The molecule has 21 heavy (non-hydrogen) atoms. The lowest BCUT2D eigenvalue weighted by Crippen LogP contribution is -2.37. The summed E-state index contributed by atoms with van der Waals surface area (Å²) in [5.74, 6) is 1.13. The first-order valence-corrected chi connectivity index (χ1v) is 8.08. The van der Waals surface area contributed by atoms with Crippen molar-refractivity contribution in [1.82, 2.24) is 14.9 Å². The number of aromatic nitrogens is 2. The summed E-state index contributed by atoms with van der Waals surface area (Å²) < 4.78 is 8.09. The number of nitrogens with zero attached hydrogens (tertiary/aromatic N) is 2. The second kappa shape index (κ2) is 6.58. The molecule has 1 aromatic heterocycles. The molecule has 2 unspecified atom stereocenters. The minimum Gasteiger partial charge on any atom is -0.377 e. The number of imidazole rings is 1. The molecule has 1 saturated heterocycles. The zero-order valence-electron chi connectivity index (χ0n) is 13.0.